The molecule has 0 bridgehead atoms. The standard InChI is InChI=1S/C14H14FNO2S/c1-8-9(2)19-13(16-8)12(14(17)18)7-10-4-3-5-11(15)6-10/h3-6,12H,7H2,1-2H3,(H,17,18). The lowest BCUT2D eigenvalue weighted by Gasteiger charge is -2.09. The minimum Gasteiger partial charge on any atom is -0.481 e. The molecule has 1 N–H and O–H groups in total. The third-order valence-electron chi connectivity index (χ3n) is 2.97. The molecule has 0 radical (unpaired) electrons. The van der Waals surface area contributed by atoms with Crippen LogP contribution in [0.5, 0.6) is 0 Å². The van der Waals surface area contributed by atoms with E-state index < -0.39 is 11.9 Å². The minimum atomic E-state index is -0.932. The highest BCUT2D eigenvalue weighted by molar-refractivity contribution is 7.11. The lowest BCUT2D eigenvalue weighted by Crippen LogP contribution is -2.14. The first-order chi connectivity index (χ1) is 8.97. The second-order valence-electron chi connectivity index (χ2n) is 4.42. The predicted molar refractivity (Wildman–Crippen MR) is 72.1 cm³/mol. The van der Waals surface area contributed by atoms with E-state index in [0.29, 0.717) is 10.6 Å². The van der Waals surface area contributed by atoms with E-state index in [1.807, 2.05) is 13.8 Å². The van der Waals surface area contributed by atoms with E-state index in [2.05, 4.69) is 4.98 Å². The monoisotopic (exact) mass is 279 g/mol. The van der Waals surface area contributed by atoms with Crippen molar-refractivity contribution in [2.24, 2.45) is 0 Å². The molecule has 0 fully saturated rings. The summed E-state index contributed by atoms with van der Waals surface area (Å²) in [6, 6.07) is 6.02. The molecule has 0 aliphatic rings. The van der Waals surface area contributed by atoms with Crippen molar-refractivity contribution in [3.8, 4) is 0 Å². The summed E-state index contributed by atoms with van der Waals surface area (Å²) in [5.74, 6) is -2.01. The molecular formula is C14H14FNO2S. The molecular weight excluding hydrogens is 265 g/mol. The van der Waals surface area contributed by atoms with E-state index in [9.17, 15) is 14.3 Å². The number of carboxylic acid groups (broad SMARTS) is 1. The van der Waals surface area contributed by atoms with Crippen LogP contribution in [0.3, 0.4) is 0 Å². The fourth-order valence-corrected chi connectivity index (χ4v) is 2.84. The summed E-state index contributed by atoms with van der Waals surface area (Å²) in [7, 11) is 0. The number of carbonyl (C=O) groups is 1. The topological polar surface area (TPSA) is 50.2 Å². The first kappa shape index (κ1) is 13.7. The zero-order valence-electron chi connectivity index (χ0n) is 10.7. The van der Waals surface area contributed by atoms with Gasteiger partial charge in [0.2, 0.25) is 0 Å². The van der Waals surface area contributed by atoms with E-state index >= 15 is 0 Å². The van der Waals surface area contributed by atoms with Crippen molar-refractivity contribution in [1.29, 1.82) is 0 Å². The number of carboxylic acids is 1. The molecule has 0 aliphatic carbocycles. The molecule has 1 aromatic heterocycles. The van der Waals surface area contributed by atoms with E-state index in [4.69, 9.17) is 0 Å². The van der Waals surface area contributed by atoms with E-state index in [0.717, 1.165) is 10.6 Å². The van der Waals surface area contributed by atoms with Crippen LogP contribution in [0.1, 0.15) is 27.1 Å². The molecule has 2 rings (SSSR count). The summed E-state index contributed by atoms with van der Waals surface area (Å²) in [4.78, 5) is 16.7. The largest absolute Gasteiger partial charge is 0.481 e. The Labute approximate surface area is 114 Å². The van der Waals surface area contributed by atoms with Gasteiger partial charge in [-0.05, 0) is 38.0 Å². The van der Waals surface area contributed by atoms with Crippen LogP contribution >= 0.6 is 11.3 Å². The molecule has 0 saturated heterocycles. The summed E-state index contributed by atoms with van der Waals surface area (Å²) in [6.45, 7) is 3.77. The van der Waals surface area contributed by atoms with Gasteiger partial charge < -0.3 is 5.11 Å². The van der Waals surface area contributed by atoms with Gasteiger partial charge in [-0.3, -0.25) is 4.79 Å². The van der Waals surface area contributed by atoms with Gasteiger partial charge in [0, 0.05) is 4.88 Å². The number of hydrogen-bond acceptors (Lipinski definition) is 3. The third kappa shape index (κ3) is 3.17. The molecule has 1 aromatic carbocycles. The second kappa shape index (κ2) is 5.48. The van der Waals surface area contributed by atoms with Gasteiger partial charge in [0.1, 0.15) is 16.7 Å². The first-order valence-electron chi connectivity index (χ1n) is 5.88. The Bertz CT molecular complexity index is 590. The Hall–Kier alpha value is -1.75. The van der Waals surface area contributed by atoms with Crippen LogP contribution < -0.4 is 0 Å². The Morgan fingerprint density at radius 3 is 2.74 bits per heavy atom. The maximum Gasteiger partial charge on any atom is 0.313 e. The maximum atomic E-state index is 13.1. The van der Waals surface area contributed by atoms with E-state index in [-0.39, 0.29) is 12.2 Å². The molecule has 100 valence electrons. The molecule has 1 atom stereocenters. The van der Waals surface area contributed by atoms with Gasteiger partial charge in [0.15, 0.2) is 0 Å². The molecule has 5 heteroatoms. The SMILES string of the molecule is Cc1nc(C(Cc2cccc(F)c2)C(=O)O)sc1C. The molecule has 0 spiro atoms. The molecule has 19 heavy (non-hydrogen) atoms. The average Bonchev–Trinajstić information content (AvgIpc) is 2.66. The highest BCUT2D eigenvalue weighted by Crippen LogP contribution is 2.27. The molecule has 0 saturated carbocycles. The summed E-state index contributed by atoms with van der Waals surface area (Å²) in [6.07, 6.45) is 0.249. The average molecular weight is 279 g/mol. The van der Waals surface area contributed by atoms with Gasteiger partial charge in [0.05, 0.1) is 5.69 Å². The maximum absolute atomic E-state index is 13.1. The number of aromatic nitrogens is 1. The quantitative estimate of drug-likeness (QED) is 0.934. The van der Waals surface area contributed by atoms with Crippen molar-refractivity contribution in [3.63, 3.8) is 0 Å². The normalized spacial score (nSPS) is 12.4. The van der Waals surface area contributed by atoms with Crippen molar-refractivity contribution in [2.45, 2.75) is 26.2 Å². The van der Waals surface area contributed by atoms with Crippen molar-refractivity contribution in [2.75, 3.05) is 0 Å². The van der Waals surface area contributed by atoms with Crippen LogP contribution in [0, 0.1) is 19.7 Å². The summed E-state index contributed by atoms with van der Waals surface area (Å²) in [5.41, 5.74) is 1.52. The lowest BCUT2D eigenvalue weighted by atomic mass is 10.00. The number of halogens is 1. The minimum absolute atomic E-state index is 0.249. The zero-order chi connectivity index (χ0) is 14.0. The van der Waals surface area contributed by atoms with E-state index in [1.54, 1.807) is 12.1 Å². The highest BCUT2D eigenvalue weighted by atomic mass is 32.1. The summed E-state index contributed by atoms with van der Waals surface area (Å²) in [5, 5.41) is 9.91. The number of benzene rings is 1. The fraction of sp³-hybridized carbons (Fsp3) is 0.286. The van der Waals surface area contributed by atoms with Crippen molar-refractivity contribution in [1.82, 2.24) is 4.98 Å². The number of aryl methyl sites for hydroxylation is 2. The summed E-state index contributed by atoms with van der Waals surface area (Å²) >= 11 is 1.39. The van der Waals surface area contributed by atoms with Crippen LogP contribution in [0.2, 0.25) is 0 Å². The van der Waals surface area contributed by atoms with Crippen LogP contribution in [-0.4, -0.2) is 16.1 Å². The van der Waals surface area contributed by atoms with Crippen LogP contribution in [0.25, 0.3) is 0 Å². The Kier molecular flexibility index (Phi) is 3.95. The van der Waals surface area contributed by atoms with Gasteiger partial charge in [0.25, 0.3) is 0 Å². The highest BCUT2D eigenvalue weighted by Gasteiger charge is 2.24. The summed E-state index contributed by atoms with van der Waals surface area (Å²) < 4.78 is 13.1. The van der Waals surface area contributed by atoms with Crippen molar-refractivity contribution >= 4 is 17.3 Å². The van der Waals surface area contributed by atoms with Gasteiger partial charge in [-0.2, -0.15) is 0 Å². The van der Waals surface area contributed by atoms with Crippen molar-refractivity contribution < 1.29 is 14.3 Å². The molecule has 0 amide bonds. The Morgan fingerprint density at radius 2 is 2.21 bits per heavy atom. The lowest BCUT2D eigenvalue weighted by molar-refractivity contribution is -0.138. The van der Waals surface area contributed by atoms with Gasteiger partial charge in [-0.25, -0.2) is 9.37 Å². The fourth-order valence-electron chi connectivity index (χ4n) is 1.83. The number of rotatable bonds is 4. The van der Waals surface area contributed by atoms with Gasteiger partial charge in [-0.1, -0.05) is 12.1 Å². The first-order valence-corrected chi connectivity index (χ1v) is 6.70. The molecule has 1 unspecified atom stereocenters. The molecule has 3 nitrogen and oxygen atoms in total. The van der Waals surface area contributed by atoms with Gasteiger partial charge >= 0.3 is 5.97 Å². The van der Waals surface area contributed by atoms with Crippen molar-refractivity contribution in [3.05, 3.63) is 51.2 Å². The number of thiazole rings is 1. The van der Waals surface area contributed by atoms with Crippen LogP contribution in [-0.2, 0) is 11.2 Å². The second-order valence-corrected chi connectivity index (χ2v) is 5.65. The molecule has 2 aromatic rings. The Balaban J connectivity index is 2.29. The number of hydrogen-bond donors (Lipinski definition) is 1. The van der Waals surface area contributed by atoms with E-state index in [1.165, 1.54) is 23.5 Å². The predicted octanol–water partition coefficient (Wildman–Crippen LogP) is 3.31. The zero-order valence-corrected chi connectivity index (χ0v) is 11.5. The number of aliphatic carboxylic acids is 1. The third-order valence-corrected chi connectivity index (χ3v) is 4.16. The smallest absolute Gasteiger partial charge is 0.313 e. The number of nitrogens with zero attached hydrogens (tertiary/aromatic N) is 1. The van der Waals surface area contributed by atoms with Crippen LogP contribution in [0.15, 0.2) is 24.3 Å². The Morgan fingerprint density at radius 1 is 1.47 bits per heavy atom. The van der Waals surface area contributed by atoms with Gasteiger partial charge in [-0.15, -0.1) is 11.3 Å². The van der Waals surface area contributed by atoms with Crippen LogP contribution in [0.4, 0.5) is 4.39 Å². The molecule has 1 heterocycles. The molecule has 0 aliphatic heterocycles.